The van der Waals surface area contributed by atoms with Gasteiger partial charge in [-0.2, -0.15) is 0 Å². The average molecular weight is 242 g/mol. The lowest BCUT2D eigenvalue weighted by molar-refractivity contribution is 0.658. The van der Waals surface area contributed by atoms with E-state index in [0.29, 0.717) is 0 Å². The maximum Gasteiger partial charge on any atom is 0.137 e. The molecule has 0 bridgehead atoms. The molecule has 4 nitrogen and oxygen atoms in total. The van der Waals surface area contributed by atoms with E-state index in [1.54, 1.807) is 6.33 Å². The summed E-state index contributed by atoms with van der Waals surface area (Å²) < 4.78 is 0. The number of hydrogen-bond donors (Lipinski definition) is 2. The lowest BCUT2D eigenvalue weighted by Crippen LogP contribution is -2.20. The summed E-state index contributed by atoms with van der Waals surface area (Å²) in [5.41, 5.74) is 0.992. The molecule has 2 aromatic rings. The molecule has 0 aliphatic heterocycles. The molecule has 0 spiro atoms. The van der Waals surface area contributed by atoms with Gasteiger partial charge in [-0.05, 0) is 37.9 Å². The van der Waals surface area contributed by atoms with Gasteiger partial charge in [-0.15, -0.1) is 0 Å². The zero-order valence-electron chi connectivity index (χ0n) is 10.4. The van der Waals surface area contributed by atoms with Crippen LogP contribution in [0.15, 0.2) is 30.6 Å². The van der Waals surface area contributed by atoms with Crippen molar-refractivity contribution in [1.82, 2.24) is 15.3 Å². The van der Waals surface area contributed by atoms with Crippen LogP contribution in [-0.4, -0.2) is 29.1 Å². The van der Waals surface area contributed by atoms with E-state index in [4.69, 9.17) is 0 Å². The largest absolute Gasteiger partial charge is 0.369 e. The summed E-state index contributed by atoms with van der Waals surface area (Å²) in [7, 11) is 0. The molecule has 1 fully saturated rings. The Morgan fingerprint density at radius 3 is 2.89 bits per heavy atom. The van der Waals surface area contributed by atoms with Gasteiger partial charge in [-0.3, -0.25) is 0 Å². The Hall–Kier alpha value is -1.68. The van der Waals surface area contributed by atoms with Gasteiger partial charge in [0.05, 0.1) is 5.52 Å². The molecule has 18 heavy (non-hydrogen) atoms. The molecule has 94 valence electrons. The SMILES string of the molecule is c1ccc2c(NCCCNC3CC3)ncnc2c1. The minimum Gasteiger partial charge on any atom is -0.369 e. The molecule has 1 heterocycles. The van der Waals surface area contributed by atoms with Gasteiger partial charge in [0.1, 0.15) is 12.1 Å². The number of rotatable bonds is 6. The highest BCUT2D eigenvalue weighted by Gasteiger charge is 2.19. The monoisotopic (exact) mass is 242 g/mol. The molecule has 1 aromatic heterocycles. The van der Waals surface area contributed by atoms with Crippen LogP contribution >= 0.6 is 0 Å². The Kier molecular flexibility index (Phi) is 3.37. The van der Waals surface area contributed by atoms with Gasteiger partial charge in [0, 0.05) is 18.0 Å². The molecular weight excluding hydrogens is 224 g/mol. The second kappa shape index (κ2) is 5.31. The normalized spacial score (nSPS) is 14.9. The van der Waals surface area contributed by atoms with Crippen LogP contribution in [0.3, 0.4) is 0 Å². The first-order valence-corrected chi connectivity index (χ1v) is 6.60. The Bertz CT molecular complexity index is 517. The smallest absolute Gasteiger partial charge is 0.137 e. The molecule has 0 atom stereocenters. The summed E-state index contributed by atoms with van der Waals surface area (Å²) in [5.74, 6) is 0.937. The summed E-state index contributed by atoms with van der Waals surface area (Å²) >= 11 is 0. The molecule has 3 rings (SSSR count). The maximum absolute atomic E-state index is 4.31. The Morgan fingerprint density at radius 1 is 1.11 bits per heavy atom. The van der Waals surface area contributed by atoms with Crippen molar-refractivity contribution < 1.29 is 0 Å². The van der Waals surface area contributed by atoms with E-state index >= 15 is 0 Å². The topological polar surface area (TPSA) is 49.8 Å². The molecule has 1 aromatic carbocycles. The molecule has 1 aliphatic carbocycles. The predicted octanol–water partition coefficient (Wildman–Crippen LogP) is 2.18. The van der Waals surface area contributed by atoms with Crippen molar-refractivity contribution in [1.29, 1.82) is 0 Å². The van der Waals surface area contributed by atoms with Crippen molar-refractivity contribution in [2.45, 2.75) is 25.3 Å². The summed E-state index contributed by atoms with van der Waals surface area (Å²) in [4.78, 5) is 8.56. The van der Waals surface area contributed by atoms with Crippen LogP contribution in [0, 0.1) is 0 Å². The minimum atomic E-state index is 0.796. The number of hydrogen-bond acceptors (Lipinski definition) is 4. The third-order valence-electron chi connectivity index (χ3n) is 3.20. The van der Waals surface area contributed by atoms with Gasteiger partial charge in [-0.1, -0.05) is 12.1 Å². The van der Waals surface area contributed by atoms with E-state index in [2.05, 4.69) is 26.7 Å². The minimum absolute atomic E-state index is 0.796. The zero-order valence-corrected chi connectivity index (χ0v) is 10.4. The number of anilines is 1. The highest BCUT2D eigenvalue weighted by atomic mass is 15.0. The number of nitrogens with zero attached hydrogens (tertiary/aromatic N) is 2. The fourth-order valence-corrected chi connectivity index (χ4v) is 2.03. The lowest BCUT2D eigenvalue weighted by Gasteiger charge is -2.08. The van der Waals surface area contributed by atoms with Crippen LogP contribution < -0.4 is 10.6 Å². The van der Waals surface area contributed by atoms with Gasteiger partial charge in [0.15, 0.2) is 0 Å². The van der Waals surface area contributed by atoms with Gasteiger partial charge >= 0.3 is 0 Å². The quantitative estimate of drug-likeness (QED) is 0.762. The second-order valence-corrected chi connectivity index (χ2v) is 4.75. The molecule has 0 saturated heterocycles. The summed E-state index contributed by atoms with van der Waals surface area (Å²) in [6.45, 7) is 2.03. The van der Waals surface area contributed by atoms with Gasteiger partial charge in [0.2, 0.25) is 0 Å². The van der Waals surface area contributed by atoms with Crippen LogP contribution in [0.5, 0.6) is 0 Å². The van der Waals surface area contributed by atoms with Gasteiger partial charge in [-0.25, -0.2) is 9.97 Å². The van der Waals surface area contributed by atoms with Gasteiger partial charge in [0.25, 0.3) is 0 Å². The first-order valence-electron chi connectivity index (χ1n) is 6.60. The van der Waals surface area contributed by atoms with Crippen LogP contribution in [0.4, 0.5) is 5.82 Å². The standard InChI is InChI=1S/C14H18N4/c1-2-5-13-12(4-1)14(18-10-17-13)16-9-3-8-15-11-6-7-11/h1-2,4-5,10-11,15H,3,6-9H2,(H,16,17,18). The number of benzene rings is 1. The van der Waals surface area contributed by atoms with Crippen molar-refractivity contribution >= 4 is 16.7 Å². The Balaban J connectivity index is 1.56. The fraction of sp³-hybridized carbons (Fsp3) is 0.429. The van der Waals surface area contributed by atoms with E-state index in [9.17, 15) is 0 Å². The highest BCUT2D eigenvalue weighted by Crippen LogP contribution is 2.19. The molecular formula is C14H18N4. The Morgan fingerprint density at radius 2 is 2.00 bits per heavy atom. The Labute approximate surface area is 107 Å². The predicted molar refractivity (Wildman–Crippen MR) is 73.7 cm³/mol. The number of nitrogens with one attached hydrogen (secondary N) is 2. The highest BCUT2D eigenvalue weighted by molar-refractivity contribution is 5.88. The van der Waals surface area contributed by atoms with E-state index in [1.807, 2.05) is 18.2 Å². The summed E-state index contributed by atoms with van der Waals surface area (Å²) in [5, 5.41) is 7.99. The molecule has 1 saturated carbocycles. The van der Waals surface area contributed by atoms with Crippen LogP contribution in [0.1, 0.15) is 19.3 Å². The molecule has 2 N–H and O–H groups in total. The van der Waals surface area contributed by atoms with E-state index < -0.39 is 0 Å². The molecule has 0 amide bonds. The van der Waals surface area contributed by atoms with Crippen molar-refractivity contribution in [3.63, 3.8) is 0 Å². The van der Waals surface area contributed by atoms with E-state index in [0.717, 1.165) is 42.3 Å². The molecule has 0 radical (unpaired) electrons. The van der Waals surface area contributed by atoms with Crippen molar-refractivity contribution in [3.8, 4) is 0 Å². The van der Waals surface area contributed by atoms with Crippen molar-refractivity contribution in [2.75, 3.05) is 18.4 Å². The van der Waals surface area contributed by atoms with E-state index in [-0.39, 0.29) is 0 Å². The lowest BCUT2D eigenvalue weighted by atomic mass is 10.2. The summed E-state index contributed by atoms with van der Waals surface area (Å²) in [6, 6.07) is 8.88. The number of aromatic nitrogens is 2. The molecule has 1 aliphatic rings. The van der Waals surface area contributed by atoms with E-state index in [1.165, 1.54) is 12.8 Å². The third-order valence-corrected chi connectivity index (χ3v) is 3.20. The van der Waals surface area contributed by atoms with Gasteiger partial charge < -0.3 is 10.6 Å². The maximum atomic E-state index is 4.31. The molecule has 0 unspecified atom stereocenters. The van der Waals surface area contributed by atoms with Crippen LogP contribution in [0.25, 0.3) is 10.9 Å². The fourth-order valence-electron chi connectivity index (χ4n) is 2.03. The third kappa shape index (κ3) is 2.76. The van der Waals surface area contributed by atoms with Crippen molar-refractivity contribution in [2.24, 2.45) is 0 Å². The summed E-state index contributed by atoms with van der Waals surface area (Å²) in [6.07, 6.45) is 5.44. The first kappa shape index (κ1) is 11.4. The first-order chi connectivity index (χ1) is 8.93. The average Bonchev–Trinajstić information content (AvgIpc) is 3.23. The van der Waals surface area contributed by atoms with Crippen molar-refractivity contribution in [3.05, 3.63) is 30.6 Å². The second-order valence-electron chi connectivity index (χ2n) is 4.75. The van der Waals surface area contributed by atoms with Crippen LogP contribution in [-0.2, 0) is 0 Å². The number of para-hydroxylation sites is 1. The zero-order chi connectivity index (χ0) is 12.2. The van der Waals surface area contributed by atoms with Crippen LogP contribution in [0.2, 0.25) is 0 Å². The number of fused-ring (bicyclic) bond motifs is 1. The molecule has 4 heteroatoms.